The van der Waals surface area contributed by atoms with E-state index in [4.69, 9.17) is 0 Å². The number of halogens is 1. The molecule has 0 saturated carbocycles. The van der Waals surface area contributed by atoms with Crippen LogP contribution in [0.15, 0.2) is 12.4 Å². The number of aromatic nitrogens is 2. The first-order chi connectivity index (χ1) is 10.6. The van der Waals surface area contributed by atoms with Crippen LogP contribution in [0.1, 0.15) is 31.2 Å². The number of piperidine rings is 1. The average molecular weight is 341 g/mol. The third kappa shape index (κ3) is 4.32. The summed E-state index contributed by atoms with van der Waals surface area (Å²) in [5, 5.41) is 7.46. The molecular weight excluding hydrogens is 316 g/mol. The summed E-state index contributed by atoms with van der Waals surface area (Å²) in [5.74, 6) is 0.430. The third-order valence-electron chi connectivity index (χ3n) is 4.80. The lowest BCUT2D eigenvalue weighted by atomic mass is 9.94. The molecule has 0 spiro atoms. The molecule has 1 unspecified atom stereocenters. The van der Waals surface area contributed by atoms with E-state index < -0.39 is 0 Å². The maximum absolute atomic E-state index is 12.5. The Bertz CT molecular complexity index is 554. The Kier molecular flexibility index (Phi) is 6.18. The molecule has 0 aliphatic carbocycles. The van der Waals surface area contributed by atoms with Crippen molar-refractivity contribution in [3.05, 3.63) is 18.0 Å². The lowest BCUT2D eigenvalue weighted by Crippen LogP contribution is -2.35. The number of nitrogens with one attached hydrogen (secondary N) is 1. The highest BCUT2D eigenvalue weighted by Crippen LogP contribution is 2.25. The molecule has 0 bridgehead atoms. The van der Waals surface area contributed by atoms with Gasteiger partial charge in [-0.25, -0.2) is 0 Å². The van der Waals surface area contributed by atoms with E-state index in [1.165, 1.54) is 4.90 Å². The van der Waals surface area contributed by atoms with Crippen molar-refractivity contribution in [2.24, 2.45) is 18.9 Å². The van der Waals surface area contributed by atoms with Gasteiger partial charge >= 0.3 is 0 Å². The van der Waals surface area contributed by atoms with Crippen LogP contribution in [-0.4, -0.2) is 46.1 Å². The molecule has 2 fully saturated rings. The van der Waals surface area contributed by atoms with Gasteiger partial charge in [0.2, 0.25) is 11.8 Å². The van der Waals surface area contributed by atoms with Crippen LogP contribution in [0.5, 0.6) is 0 Å². The van der Waals surface area contributed by atoms with Crippen molar-refractivity contribution in [3.8, 4) is 0 Å². The van der Waals surface area contributed by atoms with E-state index in [9.17, 15) is 9.59 Å². The summed E-state index contributed by atoms with van der Waals surface area (Å²) >= 11 is 0. The summed E-state index contributed by atoms with van der Waals surface area (Å²) in [7, 11) is 1.86. The summed E-state index contributed by atoms with van der Waals surface area (Å²) in [6.07, 6.45) is 7.89. The normalized spacial score (nSPS) is 22.5. The van der Waals surface area contributed by atoms with Gasteiger partial charge in [0, 0.05) is 26.2 Å². The van der Waals surface area contributed by atoms with Crippen LogP contribution in [0.2, 0.25) is 0 Å². The minimum Gasteiger partial charge on any atom is -0.317 e. The number of hydrogen-bond acceptors (Lipinski definition) is 4. The molecule has 1 atom stereocenters. The Labute approximate surface area is 143 Å². The van der Waals surface area contributed by atoms with Crippen molar-refractivity contribution in [2.75, 3.05) is 19.6 Å². The molecule has 3 heterocycles. The van der Waals surface area contributed by atoms with E-state index in [0.29, 0.717) is 25.3 Å². The van der Waals surface area contributed by atoms with E-state index >= 15 is 0 Å². The van der Waals surface area contributed by atoms with Gasteiger partial charge in [-0.05, 0) is 50.3 Å². The van der Waals surface area contributed by atoms with Gasteiger partial charge in [0.05, 0.1) is 12.1 Å². The van der Waals surface area contributed by atoms with Crippen molar-refractivity contribution in [2.45, 2.75) is 32.1 Å². The Hall–Kier alpha value is -1.40. The van der Waals surface area contributed by atoms with Crippen LogP contribution >= 0.6 is 12.4 Å². The van der Waals surface area contributed by atoms with Crippen LogP contribution in [0.25, 0.3) is 0 Å². The molecule has 1 aromatic rings. The number of imide groups is 1. The maximum atomic E-state index is 12.5. The Morgan fingerprint density at radius 1 is 1.30 bits per heavy atom. The maximum Gasteiger partial charge on any atom is 0.233 e. The highest BCUT2D eigenvalue weighted by atomic mass is 35.5. The molecular formula is C16H25ClN4O2. The number of aryl methyl sites for hydroxylation is 1. The molecule has 2 aliphatic rings. The topological polar surface area (TPSA) is 67.2 Å². The fourth-order valence-corrected chi connectivity index (χ4v) is 3.49. The Morgan fingerprint density at radius 3 is 2.70 bits per heavy atom. The third-order valence-corrected chi connectivity index (χ3v) is 4.80. The van der Waals surface area contributed by atoms with Crippen molar-refractivity contribution in [3.63, 3.8) is 0 Å². The molecule has 3 rings (SSSR count). The minimum atomic E-state index is -0.204. The summed E-state index contributed by atoms with van der Waals surface area (Å²) in [6, 6.07) is 0. The lowest BCUT2D eigenvalue weighted by molar-refractivity contribution is -0.139. The van der Waals surface area contributed by atoms with Gasteiger partial charge in [0.25, 0.3) is 0 Å². The van der Waals surface area contributed by atoms with Crippen molar-refractivity contribution >= 4 is 24.2 Å². The van der Waals surface area contributed by atoms with Crippen LogP contribution < -0.4 is 5.32 Å². The Morgan fingerprint density at radius 2 is 2.04 bits per heavy atom. The fourth-order valence-electron chi connectivity index (χ4n) is 3.49. The van der Waals surface area contributed by atoms with Crippen molar-refractivity contribution in [1.29, 1.82) is 0 Å². The molecule has 0 aromatic carbocycles. The summed E-state index contributed by atoms with van der Waals surface area (Å²) in [4.78, 5) is 26.1. The second-order valence-electron chi connectivity index (χ2n) is 6.49. The van der Waals surface area contributed by atoms with Crippen LogP contribution in [0.4, 0.5) is 0 Å². The molecule has 23 heavy (non-hydrogen) atoms. The summed E-state index contributed by atoms with van der Waals surface area (Å²) < 4.78 is 1.73. The number of carbonyl (C=O) groups excluding carboxylic acids is 2. The zero-order chi connectivity index (χ0) is 15.5. The van der Waals surface area contributed by atoms with E-state index in [1.54, 1.807) is 10.9 Å². The van der Waals surface area contributed by atoms with Crippen LogP contribution in [-0.2, 0) is 23.1 Å². The number of rotatable bonds is 5. The number of carbonyl (C=O) groups is 2. The van der Waals surface area contributed by atoms with Gasteiger partial charge in [-0.3, -0.25) is 19.2 Å². The standard InChI is InChI=1S/C16H24N4O2.ClH/c1-19-11-13(10-18-19)8-14-9-15(21)20(16(14)22)7-4-12-2-5-17-6-3-12;/h10-12,14,17H,2-9H2,1H3;1H. The van der Waals surface area contributed by atoms with Gasteiger partial charge in [-0.1, -0.05) is 0 Å². The van der Waals surface area contributed by atoms with Crippen molar-refractivity contribution < 1.29 is 9.59 Å². The number of amides is 2. The monoisotopic (exact) mass is 340 g/mol. The minimum absolute atomic E-state index is 0. The van der Waals surface area contributed by atoms with E-state index in [2.05, 4.69) is 10.4 Å². The second kappa shape index (κ2) is 7.93. The first kappa shape index (κ1) is 17.9. The van der Waals surface area contributed by atoms with E-state index in [-0.39, 0.29) is 30.1 Å². The van der Waals surface area contributed by atoms with Gasteiger partial charge in [-0.15, -0.1) is 12.4 Å². The predicted molar refractivity (Wildman–Crippen MR) is 89.2 cm³/mol. The summed E-state index contributed by atoms with van der Waals surface area (Å²) in [6.45, 7) is 2.69. The molecule has 0 radical (unpaired) electrons. The zero-order valence-corrected chi connectivity index (χ0v) is 14.3. The molecule has 2 saturated heterocycles. The highest BCUT2D eigenvalue weighted by molar-refractivity contribution is 6.03. The SMILES string of the molecule is Cl.Cn1cc(CC2CC(=O)N(CCC3CCNCC3)C2=O)cn1. The largest absolute Gasteiger partial charge is 0.317 e. The molecule has 7 heteroatoms. The van der Waals surface area contributed by atoms with E-state index in [0.717, 1.165) is 37.9 Å². The number of hydrogen-bond donors (Lipinski definition) is 1. The molecule has 6 nitrogen and oxygen atoms in total. The first-order valence-electron chi connectivity index (χ1n) is 8.16. The fraction of sp³-hybridized carbons (Fsp3) is 0.688. The highest BCUT2D eigenvalue weighted by Gasteiger charge is 2.38. The van der Waals surface area contributed by atoms with Crippen LogP contribution in [0, 0.1) is 11.8 Å². The van der Waals surface area contributed by atoms with Crippen molar-refractivity contribution in [1.82, 2.24) is 20.0 Å². The van der Waals surface area contributed by atoms with Gasteiger partial charge < -0.3 is 5.32 Å². The van der Waals surface area contributed by atoms with Gasteiger partial charge in [0.15, 0.2) is 0 Å². The van der Waals surface area contributed by atoms with Crippen LogP contribution in [0.3, 0.4) is 0 Å². The molecule has 128 valence electrons. The molecule has 1 aromatic heterocycles. The lowest BCUT2D eigenvalue weighted by Gasteiger charge is -2.24. The Balaban J connectivity index is 0.00000192. The summed E-state index contributed by atoms with van der Waals surface area (Å²) in [5.41, 5.74) is 1.02. The molecule has 1 N–H and O–H groups in total. The number of likely N-dealkylation sites (tertiary alicyclic amines) is 1. The number of nitrogens with zero attached hydrogens (tertiary/aromatic N) is 3. The molecule has 2 amide bonds. The van der Waals surface area contributed by atoms with Gasteiger partial charge in [-0.2, -0.15) is 5.10 Å². The quantitative estimate of drug-likeness (QED) is 0.816. The first-order valence-corrected chi connectivity index (χ1v) is 8.16. The zero-order valence-electron chi connectivity index (χ0n) is 13.5. The van der Waals surface area contributed by atoms with Gasteiger partial charge in [0.1, 0.15) is 0 Å². The molecule has 2 aliphatic heterocycles. The average Bonchev–Trinajstić information content (AvgIpc) is 3.03. The van der Waals surface area contributed by atoms with E-state index in [1.807, 2.05) is 13.2 Å². The predicted octanol–water partition coefficient (Wildman–Crippen LogP) is 1.15. The smallest absolute Gasteiger partial charge is 0.233 e. The second-order valence-corrected chi connectivity index (χ2v) is 6.49.